The monoisotopic (exact) mass is 430 g/mol. The van der Waals surface area contributed by atoms with Crippen molar-refractivity contribution in [3.05, 3.63) is 58.3 Å². The molecule has 3 heterocycles. The molecule has 2 aromatic rings. The number of nitrogens with zero attached hydrogens (tertiary/aromatic N) is 3. The standard InChI is InChI=1S/C20H20BrFN4O/c21-12-5-6-19(27)15(7-12)17-9-20(24-23-17)26-11-13-8-14(26)10-25(13)18-4-2-1-3-16(18)22/h1-7,13-14,20,24,27H,8-11H2/t13-,14-,20?/m1/s1. The molecule has 27 heavy (non-hydrogen) atoms. The molecular weight excluding hydrogens is 411 g/mol. The van der Waals surface area contributed by atoms with Crippen molar-refractivity contribution < 1.29 is 9.50 Å². The molecule has 7 heteroatoms. The molecule has 3 aliphatic heterocycles. The Balaban J connectivity index is 1.28. The van der Waals surface area contributed by atoms with Gasteiger partial charge in [-0.2, -0.15) is 5.10 Å². The molecule has 0 radical (unpaired) electrons. The molecular formula is C20H20BrFN4O. The molecule has 1 unspecified atom stereocenters. The molecule has 0 aliphatic carbocycles. The second kappa shape index (κ2) is 6.49. The maximum Gasteiger partial charge on any atom is 0.146 e. The van der Waals surface area contributed by atoms with Gasteiger partial charge in [0, 0.05) is 41.6 Å². The minimum absolute atomic E-state index is 0.121. The number of hydrogen-bond donors (Lipinski definition) is 2. The molecule has 3 aliphatic rings. The molecule has 2 saturated heterocycles. The number of hydrazone groups is 1. The Kier molecular flexibility index (Phi) is 4.09. The molecule has 0 saturated carbocycles. The number of phenolic OH excluding ortho intramolecular Hbond substituents is 1. The third-order valence-electron chi connectivity index (χ3n) is 5.85. The van der Waals surface area contributed by atoms with Crippen LogP contribution < -0.4 is 10.3 Å². The van der Waals surface area contributed by atoms with E-state index in [1.54, 1.807) is 12.1 Å². The Morgan fingerprint density at radius 2 is 2.00 bits per heavy atom. The van der Waals surface area contributed by atoms with Crippen LogP contribution in [0.4, 0.5) is 10.1 Å². The highest BCUT2D eigenvalue weighted by molar-refractivity contribution is 9.10. The van der Waals surface area contributed by atoms with Crippen LogP contribution in [0.5, 0.6) is 5.75 Å². The van der Waals surface area contributed by atoms with Crippen molar-refractivity contribution in [1.82, 2.24) is 10.3 Å². The van der Waals surface area contributed by atoms with Crippen molar-refractivity contribution in [1.29, 1.82) is 0 Å². The molecule has 0 spiro atoms. The molecule has 2 fully saturated rings. The number of benzene rings is 2. The summed E-state index contributed by atoms with van der Waals surface area (Å²) in [5.41, 5.74) is 5.58. The van der Waals surface area contributed by atoms with Crippen LogP contribution in [0.25, 0.3) is 0 Å². The maximum atomic E-state index is 14.2. The number of likely N-dealkylation sites (tertiary alicyclic amines) is 1. The third kappa shape index (κ3) is 2.89. The summed E-state index contributed by atoms with van der Waals surface area (Å²) in [7, 11) is 0. The fourth-order valence-electron chi connectivity index (χ4n) is 4.59. The van der Waals surface area contributed by atoms with Gasteiger partial charge in [0.2, 0.25) is 0 Å². The first-order chi connectivity index (χ1) is 13.1. The number of piperazine rings is 1. The SMILES string of the molecule is Oc1ccc(Br)cc1C1=NNC(N2C[C@H]3C[C@@H]2CN3c2ccccc2F)C1. The highest BCUT2D eigenvalue weighted by Crippen LogP contribution is 2.37. The van der Waals surface area contributed by atoms with Gasteiger partial charge in [-0.05, 0) is 36.8 Å². The van der Waals surface area contributed by atoms with Gasteiger partial charge in [0.05, 0.1) is 11.4 Å². The summed E-state index contributed by atoms with van der Waals surface area (Å²) in [6, 6.07) is 13.1. The molecule has 2 aromatic carbocycles. The van der Waals surface area contributed by atoms with Crippen LogP contribution in [0.15, 0.2) is 52.0 Å². The van der Waals surface area contributed by atoms with Gasteiger partial charge < -0.3 is 10.0 Å². The summed E-state index contributed by atoms with van der Waals surface area (Å²) >= 11 is 3.45. The molecule has 0 aromatic heterocycles. The van der Waals surface area contributed by atoms with E-state index in [0.29, 0.717) is 17.8 Å². The summed E-state index contributed by atoms with van der Waals surface area (Å²) in [6.45, 7) is 1.73. The van der Waals surface area contributed by atoms with Crippen molar-refractivity contribution in [2.45, 2.75) is 31.1 Å². The Morgan fingerprint density at radius 3 is 2.78 bits per heavy atom. The van der Waals surface area contributed by atoms with Crippen LogP contribution in [0.1, 0.15) is 18.4 Å². The van der Waals surface area contributed by atoms with Crippen molar-refractivity contribution in [2.24, 2.45) is 5.10 Å². The minimum Gasteiger partial charge on any atom is -0.507 e. The second-order valence-electron chi connectivity index (χ2n) is 7.41. The first-order valence-electron chi connectivity index (χ1n) is 9.18. The lowest BCUT2D eigenvalue weighted by atomic mass is 10.1. The lowest BCUT2D eigenvalue weighted by molar-refractivity contribution is 0.153. The number of nitrogens with one attached hydrogen (secondary N) is 1. The highest BCUT2D eigenvalue weighted by atomic mass is 79.9. The van der Waals surface area contributed by atoms with E-state index in [4.69, 9.17) is 0 Å². The number of hydrogen-bond acceptors (Lipinski definition) is 5. The van der Waals surface area contributed by atoms with Crippen LogP contribution >= 0.6 is 15.9 Å². The number of anilines is 1. The Labute approximate surface area is 165 Å². The summed E-state index contributed by atoms with van der Waals surface area (Å²) in [5, 5.41) is 14.6. The molecule has 0 amide bonds. The first kappa shape index (κ1) is 17.0. The molecule has 140 valence electrons. The quantitative estimate of drug-likeness (QED) is 0.784. The van der Waals surface area contributed by atoms with E-state index in [0.717, 1.165) is 41.7 Å². The lowest BCUT2D eigenvalue weighted by Crippen LogP contribution is -2.53. The van der Waals surface area contributed by atoms with Gasteiger partial charge in [0.25, 0.3) is 0 Å². The zero-order valence-corrected chi connectivity index (χ0v) is 16.2. The lowest BCUT2D eigenvalue weighted by Gasteiger charge is -2.38. The molecule has 2 bridgehead atoms. The third-order valence-corrected chi connectivity index (χ3v) is 6.34. The Hall–Kier alpha value is -2.12. The van der Waals surface area contributed by atoms with E-state index in [-0.39, 0.29) is 17.7 Å². The van der Waals surface area contributed by atoms with Gasteiger partial charge in [-0.3, -0.25) is 10.3 Å². The zero-order valence-electron chi connectivity index (χ0n) is 14.6. The van der Waals surface area contributed by atoms with Crippen molar-refractivity contribution >= 4 is 27.3 Å². The predicted molar refractivity (Wildman–Crippen MR) is 107 cm³/mol. The van der Waals surface area contributed by atoms with Crippen LogP contribution in [0, 0.1) is 5.82 Å². The van der Waals surface area contributed by atoms with Crippen LogP contribution in [-0.4, -0.2) is 47.1 Å². The van der Waals surface area contributed by atoms with E-state index < -0.39 is 0 Å². The number of para-hydroxylation sites is 1. The van der Waals surface area contributed by atoms with Crippen LogP contribution in [0.3, 0.4) is 0 Å². The van der Waals surface area contributed by atoms with E-state index >= 15 is 0 Å². The molecule has 5 rings (SSSR count). The molecule has 2 N–H and O–H groups in total. The van der Waals surface area contributed by atoms with Crippen molar-refractivity contribution in [2.75, 3.05) is 18.0 Å². The number of rotatable bonds is 3. The Bertz CT molecular complexity index is 921. The van der Waals surface area contributed by atoms with E-state index in [1.807, 2.05) is 24.3 Å². The van der Waals surface area contributed by atoms with Gasteiger partial charge in [-0.15, -0.1) is 0 Å². The maximum absolute atomic E-state index is 14.2. The summed E-state index contributed by atoms with van der Waals surface area (Å²) in [6.07, 6.45) is 1.91. The number of halogens is 2. The van der Waals surface area contributed by atoms with E-state index in [2.05, 4.69) is 36.3 Å². The zero-order chi connectivity index (χ0) is 18.5. The fourth-order valence-corrected chi connectivity index (χ4v) is 4.95. The van der Waals surface area contributed by atoms with Gasteiger partial charge in [0.15, 0.2) is 0 Å². The van der Waals surface area contributed by atoms with E-state index in [9.17, 15) is 9.50 Å². The number of fused-ring (bicyclic) bond motifs is 2. The van der Waals surface area contributed by atoms with Crippen LogP contribution in [0.2, 0.25) is 0 Å². The normalized spacial score (nSPS) is 27.1. The summed E-state index contributed by atoms with van der Waals surface area (Å²) in [4.78, 5) is 4.64. The van der Waals surface area contributed by atoms with E-state index in [1.165, 1.54) is 6.07 Å². The van der Waals surface area contributed by atoms with Crippen LogP contribution in [-0.2, 0) is 0 Å². The topological polar surface area (TPSA) is 51.1 Å². The smallest absolute Gasteiger partial charge is 0.146 e. The Morgan fingerprint density at radius 1 is 1.15 bits per heavy atom. The number of aromatic hydroxyl groups is 1. The second-order valence-corrected chi connectivity index (χ2v) is 8.33. The minimum atomic E-state index is -0.147. The highest BCUT2D eigenvalue weighted by Gasteiger charge is 2.47. The number of phenols is 1. The largest absolute Gasteiger partial charge is 0.507 e. The average molecular weight is 431 g/mol. The van der Waals surface area contributed by atoms with Gasteiger partial charge >= 0.3 is 0 Å². The molecule has 3 atom stereocenters. The van der Waals surface area contributed by atoms with Gasteiger partial charge in [-0.1, -0.05) is 28.1 Å². The summed E-state index contributed by atoms with van der Waals surface area (Å²) < 4.78 is 15.1. The predicted octanol–water partition coefficient (Wildman–Crippen LogP) is 3.28. The molecule has 5 nitrogen and oxygen atoms in total. The van der Waals surface area contributed by atoms with Gasteiger partial charge in [-0.25, -0.2) is 4.39 Å². The summed E-state index contributed by atoms with van der Waals surface area (Å²) in [5.74, 6) is 0.0967. The van der Waals surface area contributed by atoms with Crippen molar-refractivity contribution in [3.8, 4) is 5.75 Å². The van der Waals surface area contributed by atoms with Gasteiger partial charge in [0.1, 0.15) is 17.7 Å². The van der Waals surface area contributed by atoms with Crippen molar-refractivity contribution in [3.63, 3.8) is 0 Å². The first-order valence-corrected chi connectivity index (χ1v) is 9.97. The fraction of sp³-hybridized carbons (Fsp3) is 0.350. The average Bonchev–Trinajstić information content (AvgIpc) is 3.39.